The molecule has 2 heterocycles. The van der Waals surface area contributed by atoms with Crippen molar-refractivity contribution in [1.82, 2.24) is 0 Å². The maximum absolute atomic E-state index is 6.04. The maximum atomic E-state index is 6.04. The normalized spacial score (nSPS) is 43.5. The van der Waals surface area contributed by atoms with Gasteiger partial charge in [0.25, 0.3) is 0 Å². The topological polar surface area (TPSA) is 46.2 Å². The predicted molar refractivity (Wildman–Crippen MR) is 71.7 cm³/mol. The minimum absolute atomic E-state index is 0.182. The van der Waals surface area contributed by atoms with Gasteiger partial charge >= 0.3 is 0 Å². The molecular weight excluding hydrogens is 260 g/mol. The van der Waals surface area contributed by atoms with Crippen LogP contribution in [-0.2, 0) is 23.7 Å². The molecule has 0 radical (unpaired) electrons. The van der Waals surface area contributed by atoms with E-state index in [1.165, 1.54) is 6.26 Å². The molecule has 0 aromatic heterocycles. The minimum atomic E-state index is -0.624. The van der Waals surface area contributed by atoms with Gasteiger partial charge in [0.1, 0.15) is 11.9 Å². The molecule has 1 aliphatic carbocycles. The van der Waals surface area contributed by atoms with Crippen molar-refractivity contribution in [3.63, 3.8) is 0 Å². The van der Waals surface area contributed by atoms with E-state index in [1.54, 1.807) is 0 Å². The Kier molecular flexibility index (Phi) is 3.62. The van der Waals surface area contributed by atoms with E-state index in [0.29, 0.717) is 25.4 Å². The summed E-state index contributed by atoms with van der Waals surface area (Å²) in [5.41, 5.74) is 0. The van der Waals surface area contributed by atoms with Gasteiger partial charge < -0.3 is 23.7 Å². The molecule has 0 amide bonds. The van der Waals surface area contributed by atoms with E-state index < -0.39 is 11.6 Å². The monoisotopic (exact) mass is 282 g/mol. The molecule has 0 aromatic carbocycles. The van der Waals surface area contributed by atoms with Crippen molar-refractivity contribution in [2.75, 3.05) is 13.2 Å². The first kappa shape index (κ1) is 14.1. The van der Waals surface area contributed by atoms with Crippen molar-refractivity contribution in [3.8, 4) is 0 Å². The Morgan fingerprint density at radius 2 is 1.95 bits per heavy atom. The van der Waals surface area contributed by atoms with Gasteiger partial charge in [-0.25, -0.2) is 0 Å². The van der Waals surface area contributed by atoms with Crippen molar-refractivity contribution in [3.05, 3.63) is 25.2 Å². The van der Waals surface area contributed by atoms with Crippen LogP contribution in [0.2, 0.25) is 0 Å². The molecule has 5 heteroatoms. The number of rotatable bonds is 4. The molecule has 4 unspecified atom stereocenters. The van der Waals surface area contributed by atoms with Gasteiger partial charge in [-0.15, -0.1) is 0 Å². The van der Waals surface area contributed by atoms with Crippen LogP contribution in [-0.4, -0.2) is 37.0 Å². The lowest BCUT2D eigenvalue weighted by Gasteiger charge is -2.26. The van der Waals surface area contributed by atoms with E-state index in [0.717, 1.165) is 19.3 Å². The Morgan fingerprint density at radius 1 is 1.25 bits per heavy atom. The summed E-state index contributed by atoms with van der Waals surface area (Å²) >= 11 is 0. The zero-order valence-electron chi connectivity index (χ0n) is 11.9. The van der Waals surface area contributed by atoms with Gasteiger partial charge in [0.05, 0.1) is 32.0 Å². The van der Waals surface area contributed by atoms with Crippen LogP contribution < -0.4 is 0 Å². The second-order valence-corrected chi connectivity index (χ2v) is 5.63. The fourth-order valence-corrected chi connectivity index (χ4v) is 3.13. The Labute approximate surface area is 119 Å². The molecule has 112 valence electrons. The molecule has 0 N–H and O–H groups in total. The number of hydrogen-bond donors (Lipinski definition) is 0. The summed E-state index contributed by atoms with van der Waals surface area (Å²) in [6.07, 6.45) is 4.40. The Bertz CT molecular complexity index is 409. The predicted octanol–water partition coefficient (Wildman–Crippen LogP) is 2.48. The van der Waals surface area contributed by atoms with Crippen molar-refractivity contribution in [1.29, 1.82) is 0 Å². The summed E-state index contributed by atoms with van der Waals surface area (Å²) in [6, 6.07) is 0. The van der Waals surface area contributed by atoms with Gasteiger partial charge in [-0.05, 0) is 6.42 Å². The largest absolute Gasteiger partial charge is 0.468 e. The van der Waals surface area contributed by atoms with E-state index in [9.17, 15) is 0 Å². The average Bonchev–Trinajstić information content (AvgIpc) is 3.12. The highest BCUT2D eigenvalue weighted by molar-refractivity contribution is 5.03. The molecule has 0 aromatic rings. The maximum Gasteiger partial charge on any atom is 0.174 e. The fraction of sp³-hybridized carbons (Fsp3) is 0.733. The smallest absolute Gasteiger partial charge is 0.174 e. The summed E-state index contributed by atoms with van der Waals surface area (Å²) in [5, 5.41) is 0. The molecule has 4 atom stereocenters. The van der Waals surface area contributed by atoms with Crippen molar-refractivity contribution in [2.45, 2.75) is 56.4 Å². The molecule has 2 saturated heterocycles. The zero-order chi connectivity index (χ0) is 14.2. The van der Waals surface area contributed by atoms with Gasteiger partial charge in [0.2, 0.25) is 0 Å². The van der Waals surface area contributed by atoms with Gasteiger partial charge in [0.15, 0.2) is 11.6 Å². The summed E-state index contributed by atoms with van der Waals surface area (Å²) in [6.45, 7) is 10.6. The third-order valence-electron chi connectivity index (χ3n) is 4.24. The van der Waals surface area contributed by atoms with Gasteiger partial charge in [-0.3, -0.25) is 0 Å². The summed E-state index contributed by atoms with van der Waals surface area (Å²) in [4.78, 5) is 0. The molecule has 20 heavy (non-hydrogen) atoms. The summed E-state index contributed by atoms with van der Waals surface area (Å²) in [5.74, 6) is -0.630. The minimum Gasteiger partial charge on any atom is -0.468 e. The standard InChI is InChI=1S/C15H22O5/c1-4-12-8-17-14(19-12)6-7-15(10-14)18-9-13(20-15)11(3)16-5-2/h5,12-13H,2-4,6-10H2,1H3. The Morgan fingerprint density at radius 3 is 2.60 bits per heavy atom. The first-order valence-corrected chi connectivity index (χ1v) is 7.20. The first-order chi connectivity index (χ1) is 9.60. The van der Waals surface area contributed by atoms with Crippen LogP contribution in [0.25, 0.3) is 0 Å². The average molecular weight is 282 g/mol. The van der Waals surface area contributed by atoms with Crippen LogP contribution in [0.3, 0.4) is 0 Å². The van der Waals surface area contributed by atoms with Crippen molar-refractivity contribution < 1.29 is 23.7 Å². The van der Waals surface area contributed by atoms with Crippen molar-refractivity contribution in [2.24, 2.45) is 0 Å². The number of hydrogen-bond acceptors (Lipinski definition) is 5. The summed E-state index contributed by atoms with van der Waals surface area (Å²) < 4.78 is 29.0. The lowest BCUT2D eigenvalue weighted by Crippen LogP contribution is -2.34. The molecule has 2 aliphatic heterocycles. The molecule has 3 fully saturated rings. The third kappa shape index (κ3) is 2.39. The quantitative estimate of drug-likeness (QED) is 0.741. The molecular formula is C15H22O5. The van der Waals surface area contributed by atoms with Crippen LogP contribution in [0.5, 0.6) is 0 Å². The van der Waals surface area contributed by atoms with Gasteiger partial charge in [-0.1, -0.05) is 20.1 Å². The SMILES string of the molecule is C=COC(=C)C1COC2(CCC3(C2)OCC(CC)O3)O1. The van der Waals surface area contributed by atoms with Crippen LogP contribution in [0.1, 0.15) is 32.6 Å². The number of ether oxygens (including phenoxy) is 5. The van der Waals surface area contributed by atoms with E-state index >= 15 is 0 Å². The van der Waals surface area contributed by atoms with Crippen LogP contribution in [0.4, 0.5) is 0 Å². The van der Waals surface area contributed by atoms with Crippen LogP contribution in [0, 0.1) is 0 Å². The molecule has 2 spiro atoms. The fourth-order valence-electron chi connectivity index (χ4n) is 3.13. The molecule has 3 aliphatic rings. The second kappa shape index (κ2) is 5.15. The molecule has 3 rings (SSSR count). The Hall–Kier alpha value is -0.880. The lowest BCUT2D eigenvalue weighted by atomic mass is 10.2. The lowest BCUT2D eigenvalue weighted by molar-refractivity contribution is -0.213. The highest BCUT2D eigenvalue weighted by atomic mass is 16.8. The second-order valence-electron chi connectivity index (χ2n) is 5.63. The van der Waals surface area contributed by atoms with Crippen molar-refractivity contribution >= 4 is 0 Å². The van der Waals surface area contributed by atoms with Gasteiger partial charge in [0, 0.05) is 12.8 Å². The highest BCUT2D eigenvalue weighted by Crippen LogP contribution is 2.50. The van der Waals surface area contributed by atoms with Crippen LogP contribution in [0.15, 0.2) is 25.2 Å². The van der Waals surface area contributed by atoms with E-state index in [-0.39, 0.29) is 12.2 Å². The first-order valence-electron chi connectivity index (χ1n) is 7.20. The van der Waals surface area contributed by atoms with Gasteiger partial charge in [-0.2, -0.15) is 0 Å². The molecule has 1 saturated carbocycles. The molecule has 5 nitrogen and oxygen atoms in total. The third-order valence-corrected chi connectivity index (χ3v) is 4.24. The zero-order valence-corrected chi connectivity index (χ0v) is 11.9. The Balaban J connectivity index is 1.63. The van der Waals surface area contributed by atoms with Crippen LogP contribution >= 0.6 is 0 Å². The van der Waals surface area contributed by atoms with E-state index in [2.05, 4.69) is 20.1 Å². The summed E-state index contributed by atoms with van der Waals surface area (Å²) in [7, 11) is 0. The van der Waals surface area contributed by atoms with E-state index in [1.807, 2.05) is 0 Å². The molecule has 0 bridgehead atoms. The highest BCUT2D eigenvalue weighted by Gasteiger charge is 2.58. The van der Waals surface area contributed by atoms with E-state index in [4.69, 9.17) is 23.7 Å².